The van der Waals surface area contributed by atoms with E-state index in [2.05, 4.69) is 13.8 Å². The first kappa shape index (κ1) is 18.6. The predicted molar refractivity (Wildman–Crippen MR) is 95.7 cm³/mol. The fourth-order valence-electron chi connectivity index (χ4n) is 2.98. The standard InChI is InChI=1S/C19H30N2O3/c1-3-11-23-17-9-8-15(13-18(17)24-12-4-2)19(22)21-10-6-5-7-16(21)14-20/h8-9,13,16H,3-7,10-12,14,20H2,1-2H3. The Morgan fingerprint density at radius 3 is 2.54 bits per heavy atom. The van der Waals surface area contributed by atoms with Crippen LogP contribution in [0.15, 0.2) is 18.2 Å². The third-order valence-corrected chi connectivity index (χ3v) is 4.27. The third-order valence-electron chi connectivity index (χ3n) is 4.27. The molecule has 1 saturated heterocycles. The van der Waals surface area contributed by atoms with E-state index < -0.39 is 0 Å². The van der Waals surface area contributed by atoms with Crippen LogP contribution in [-0.2, 0) is 0 Å². The first-order valence-electron chi connectivity index (χ1n) is 9.11. The molecule has 5 heteroatoms. The number of nitrogens with zero attached hydrogens (tertiary/aromatic N) is 1. The molecular weight excluding hydrogens is 304 g/mol. The van der Waals surface area contributed by atoms with Crippen LogP contribution in [0.1, 0.15) is 56.3 Å². The Bertz CT molecular complexity index is 533. The molecule has 1 unspecified atom stereocenters. The smallest absolute Gasteiger partial charge is 0.254 e. The molecule has 1 aromatic rings. The van der Waals surface area contributed by atoms with Crippen LogP contribution in [-0.4, -0.2) is 43.2 Å². The van der Waals surface area contributed by atoms with Crippen LogP contribution in [0.2, 0.25) is 0 Å². The van der Waals surface area contributed by atoms with E-state index in [1.165, 1.54) is 0 Å². The Kier molecular flexibility index (Phi) is 7.37. The number of ether oxygens (including phenoxy) is 2. The molecule has 1 atom stereocenters. The Hall–Kier alpha value is -1.75. The minimum absolute atomic E-state index is 0.0357. The quantitative estimate of drug-likeness (QED) is 0.793. The summed E-state index contributed by atoms with van der Waals surface area (Å²) in [5.41, 5.74) is 6.49. The number of likely N-dealkylation sites (tertiary alicyclic amines) is 1. The molecule has 0 saturated carbocycles. The number of hydrogen-bond acceptors (Lipinski definition) is 4. The summed E-state index contributed by atoms with van der Waals surface area (Å²) in [4.78, 5) is 14.8. The SMILES string of the molecule is CCCOc1ccc(C(=O)N2CCCCC2CN)cc1OCCC. The molecule has 0 bridgehead atoms. The van der Waals surface area contributed by atoms with Gasteiger partial charge in [0.05, 0.1) is 13.2 Å². The summed E-state index contributed by atoms with van der Waals surface area (Å²) in [5.74, 6) is 1.39. The highest BCUT2D eigenvalue weighted by Crippen LogP contribution is 2.30. The van der Waals surface area contributed by atoms with Crippen LogP contribution < -0.4 is 15.2 Å². The Balaban J connectivity index is 2.20. The van der Waals surface area contributed by atoms with Crippen molar-refractivity contribution >= 4 is 5.91 Å². The van der Waals surface area contributed by atoms with Crippen molar-refractivity contribution in [2.75, 3.05) is 26.3 Å². The van der Waals surface area contributed by atoms with Gasteiger partial charge in [0.2, 0.25) is 0 Å². The van der Waals surface area contributed by atoms with E-state index in [9.17, 15) is 4.79 Å². The maximum Gasteiger partial charge on any atom is 0.254 e. The fraction of sp³-hybridized carbons (Fsp3) is 0.632. The van der Waals surface area contributed by atoms with Crippen molar-refractivity contribution in [3.8, 4) is 11.5 Å². The lowest BCUT2D eigenvalue weighted by atomic mass is 10.0. The minimum atomic E-state index is 0.0357. The van der Waals surface area contributed by atoms with Crippen molar-refractivity contribution in [1.82, 2.24) is 4.90 Å². The molecule has 5 nitrogen and oxygen atoms in total. The van der Waals surface area contributed by atoms with Crippen molar-refractivity contribution in [2.24, 2.45) is 5.73 Å². The normalized spacial score (nSPS) is 17.6. The number of benzene rings is 1. The highest BCUT2D eigenvalue weighted by Gasteiger charge is 2.27. The molecule has 0 radical (unpaired) electrons. The molecule has 0 aromatic heterocycles. The van der Waals surface area contributed by atoms with Gasteiger partial charge in [0.25, 0.3) is 5.91 Å². The van der Waals surface area contributed by atoms with Crippen molar-refractivity contribution in [3.63, 3.8) is 0 Å². The Morgan fingerprint density at radius 2 is 1.88 bits per heavy atom. The molecule has 134 valence electrons. The second kappa shape index (κ2) is 9.52. The molecule has 0 spiro atoms. The lowest BCUT2D eigenvalue weighted by molar-refractivity contribution is 0.0623. The molecule has 1 heterocycles. The maximum atomic E-state index is 12.9. The molecule has 2 N–H and O–H groups in total. The highest BCUT2D eigenvalue weighted by molar-refractivity contribution is 5.95. The van der Waals surface area contributed by atoms with E-state index in [4.69, 9.17) is 15.2 Å². The number of rotatable bonds is 8. The lowest BCUT2D eigenvalue weighted by Crippen LogP contribution is -2.47. The van der Waals surface area contributed by atoms with E-state index in [0.717, 1.165) is 38.6 Å². The van der Waals surface area contributed by atoms with Gasteiger partial charge < -0.3 is 20.1 Å². The van der Waals surface area contributed by atoms with Gasteiger partial charge >= 0.3 is 0 Å². The molecule has 1 aromatic carbocycles. The number of amides is 1. The van der Waals surface area contributed by atoms with Crippen molar-refractivity contribution < 1.29 is 14.3 Å². The van der Waals surface area contributed by atoms with Gasteiger partial charge in [-0.15, -0.1) is 0 Å². The second-order valence-corrected chi connectivity index (χ2v) is 6.24. The van der Waals surface area contributed by atoms with Gasteiger partial charge in [-0.2, -0.15) is 0 Å². The van der Waals surface area contributed by atoms with Crippen LogP contribution in [0.4, 0.5) is 0 Å². The van der Waals surface area contributed by atoms with Crippen molar-refractivity contribution in [1.29, 1.82) is 0 Å². The topological polar surface area (TPSA) is 64.8 Å². The van der Waals surface area contributed by atoms with Crippen molar-refractivity contribution in [3.05, 3.63) is 23.8 Å². The molecule has 24 heavy (non-hydrogen) atoms. The summed E-state index contributed by atoms with van der Waals surface area (Å²) < 4.78 is 11.5. The van der Waals surface area contributed by atoms with Crippen LogP contribution in [0.25, 0.3) is 0 Å². The largest absolute Gasteiger partial charge is 0.490 e. The molecule has 0 aliphatic carbocycles. The second-order valence-electron chi connectivity index (χ2n) is 6.24. The van der Waals surface area contributed by atoms with Gasteiger partial charge in [-0.1, -0.05) is 13.8 Å². The number of carbonyl (C=O) groups excluding carboxylic acids is 1. The molecule has 2 rings (SSSR count). The van der Waals surface area contributed by atoms with E-state index >= 15 is 0 Å². The van der Waals surface area contributed by atoms with Gasteiger partial charge in [0, 0.05) is 24.7 Å². The monoisotopic (exact) mass is 334 g/mol. The van der Waals surface area contributed by atoms with Crippen molar-refractivity contribution in [2.45, 2.75) is 52.0 Å². The number of hydrogen-bond donors (Lipinski definition) is 1. The summed E-state index contributed by atoms with van der Waals surface area (Å²) in [6.45, 7) is 6.66. The van der Waals surface area contributed by atoms with Gasteiger partial charge in [-0.25, -0.2) is 0 Å². The molecule has 1 aliphatic rings. The van der Waals surface area contributed by atoms with E-state index in [1.807, 2.05) is 23.1 Å². The molecule has 1 amide bonds. The zero-order valence-corrected chi connectivity index (χ0v) is 14.9. The maximum absolute atomic E-state index is 12.9. The zero-order valence-electron chi connectivity index (χ0n) is 14.9. The van der Waals surface area contributed by atoms with Crippen LogP contribution in [0.3, 0.4) is 0 Å². The Labute approximate surface area is 145 Å². The van der Waals surface area contributed by atoms with Crippen LogP contribution in [0, 0.1) is 0 Å². The zero-order chi connectivity index (χ0) is 17.4. The van der Waals surface area contributed by atoms with Crippen LogP contribution >= 0.6 is 0 Å². The summed E-state index contributed by atoms with van der Waals surface area (Å²) in [6, 6.07) is 5.62. The Morgan fingerprint density at radius 1 is 1.17 bits per heavy atom. The van der Waals surface area contributed by atoms with E-state index in [1.54, 1.807) is 0 Å². The predicted octanol–water partition coefficient (Wildman–Crippen LogP) is 3.22. The third kappa shape index (κ3) is 4.63. The summed E-state index contributed by atoms with van der Waals surface area (Å²) in [6.07, 6.45) is 5.01. The summed E-state index contributed by atoms with van der Waals surface area (Å²) >= 11 is 0. The van der Waals surface area contributed by atoms with Gasteiger partial charge in [0.1, 0.15) is 0 Å². The summed E-state index contributed by atoms with van der Waals surface area (Å²) in [7, 11) is 0. The number of piperidine rings is 1. The molecule has 1 fully saturated rings. The van der Waals surface area contributed by atoms with E-state index in [0.29, 0.717) is 36.8 Å². The first-order chi connectivity index (χ1) is 11.7. The van der Waals surface area contributed by atoms with Crippen LogP contribution in [0.5, 0.6) is 11.5 Å². The van der Waals surface area contributed by atoms with Gasteiger partial charge in [-0.3, -0.25) is 4.79 Å². The lowest BCUT2D eigenvalue weighted by Gasteiger charge is -2.35. The highest BCUT2D eigenvalue weighted by atomic mass is 16.5. The minimum Gasteiger partial charge on any atom is -0.490 e. The van der Waals surface area contributed by atoms with Gasteiger partial charge in [-0.05, 0) is 50.3 Å². The molecule has 1 aliphatic heterocycles. The average molecular weight is 334 g/mol. The number of nitrogens with two attached hydrogens (primary N) is 1. The van der Waals surface area contributed by atoms with Gasteiger partial charge in [0.15, 0.2) is 11.5 Å². The van der Waals surface area contributed by atoms with E-state index in [-0.39, 0.29) is 11.9 Å². The first-order valence-corrected chi connectivity index (χ1v) is 9.11. The fourth-order valence-corrected chi connectivity index (χ4v) is 2.98. The molecular formula is C19H30N2O3. The number of carbonyl (C=O) groups is 1. The average Bonchev–Trinajstić information content (AvgIpc) is 2.64. The summed E-state index contributed by atoms with van der Waals surface area (Å²) in [5, 5.41) is 0.